The molecule has 0 radical (unpaired) electrons. The molecule has 0 saturated carbocycles. The van der Waals surface area contributed by atoms with E-state index in [2.05, 4.69) is 12.2 Å². The Balaban J connectivity index is 2.55. The molecule has 1 saturated heterocycles. The maximum atomic E-state index is 9.43. The number of nitrogens with two attached hydrogens (primary N) is 1. The van der Waals surface area contributed by atoms with Crippen molar-refractivity contribution in [1.29, 1.82) is 0 Å². The number of nitrogens with one attached hydrogen (secondary N) is 1. The summed E-state index contributed by atoms with van der Waals surface area (Å²) in [5, 5.41) is 12.5. The van der Waals surface area contributed by atoms with Crippen LogP contribution in [0, 0.1) is 17.8 Å². The number of aliphatic hydroxyl groups excluding tert-OH is 1. The Morgan fingerprint density at radius 2 is 2.18 bits per heavy atom. The van der Waals surface area contributed by atoms with Crippen molar-refractivity contribution in [3.05, 3.63) is 0 Å². The van der Waals surface area contributed by atoms with E-state index in [4.69, 9.17) is 5.73 Å². The molecule has 1 heterocycles. The lowest BCUT2D eigenvalue weighted by Crippen LogP contribution is -2.51. The van der Waals surface area contributed by atoms with Crippen molar-refractivity contribution in [2.45, 2.75) is 20.1 Å². The number of rotatable bonds is 1. The van der Waals surface area contributed by atoms with Crippen molar-refractivity contribution in [2.24, 2.45) is 23.5 Å². The molecular weight excluding hydrogens is 140 g/mol. The molecule has 1 aliphatic rings. The van der Waals surface area contributed by atoms with Crippen LogP contribution in [-0.2, 0) is 0 Å². The van der Waals surface area contributed by atoms with E-state index in [9.17, 15) is 5.11 Å². The van der Waals surface area contributed by atoms with Crippen molar-refractivity contribution in [3.63, 3.8) is 0 Å². The fourth-order valence-corrected chi connectivity index (χ4v) is 1.84. The Morgan fingerprint density at radius 1 is 1.55 bits per heavy atom. The fourth-order valence-electron chi connectivity index (χ4n) is 1.84. The first kappa shape index (κ1) is 8.97. The summed E-state index contributed by atoms with van der Waals surface area (Å²) in [6.45, 7) is 5.78. The van der Waals surface area contributed by atoms with Crippen LogP contribution in [0.2, 0.25) is 0 Å². The van der Waals surface area contributed by atoms with E-state index in [-0.39, 0.29) is 12.1 Å². The van der Waals surface area contributed by atoms with E-state index >= 15 is 0 Å². The molecule has 0 spiro atoms. The molecule has 1 fully saturated rings. The maximum absolute atomic E-state index is 9.43. The van der Waals surface area contributed by atoms with Gasteiger partial charge in [0, 0.05) is 6.54 Å². The van der Waals surface area contributed by atoms with Gasteiger partial charge in [0.1, 0.15) is 6.23 Å². The summed E-state index contributed by atoms with van der Waals surface area (Å²) in [4.78, 5) is 0. The molecule has 66 valence electrons. The summed E-state index contributed by atoms with van der Waals surface area (Å²) < 4.78 is 0. The molecule has 0 aromatic rings. The summed E-state index contributed by atoms with van der Waals surface area (Å²) in [6.07, 6.45) is -0.361. The lowest BCUT2D eigenvalue weighted by Gasteiger charge is -2.37. The van der Waals surface area contributed by atoms with Crippen molar-refractivity contribution in [2.75, 3.05) is 13.1 Å². The normalized spacial score (nSPS) is 45.8. The van der Waals surface area contributed by atoms with Crippen LogP contribution in [-0.4, -0.2) is 24.4 Å². The Hall–Kier alpha value is -0.120. The van der Waals surface area contributed by atoms with Crippen molar-refractivity contribution in [1.82, 2.24) is 5.32 Å². The monoisotopic (exact) mass is 158 g/mol. The molecule has 11 heavy (non-hydrogen) atoms. The highest BCUT2D eigenvalue weighted by molar-refractivity contribution is 4.83. The van der Waals surface area contributed by atoms with Gasteiger partial charge in [-0.15, -0.1) is 0 Å². The number of aliphatic hydroxyl groups is 1. The van der Waals surface area contributed by atoms with E-state index < -0.39 is 0 Å². The van der Waals surface area contributed by atoms with Crippen LogP contribution in [0.3, 0.4) is 0 Å². The first-order valence-electron chi connectivity index (χ1n) is 4.28. The molecule has 3 heteroatoms. The van der Waals surface area contributed by atoms with Crippen LogP contribution < -0.4 is 11.1 Å². The number of hydrogen-bond acceptors (Lipinski definition) is 3. The third-order valence-corrected chi connectivity index (χ3v) is 2.83. The summed E-state index contributed by atoms with van der Waals surface area (Å²) in [7, 11) is 0. The second kappa shape index (κ2) is 3.52. The highest BCUT2D eigenvalue weighted by Crippen LogP contribution is 2.25. The van der Waals surface area contributed by atoms with Crippen LogP contribution in [0.25, 0.3) is 0 Å². The molecule has 0 amide bonds. The minimum atomic E-state index is -0.361. The molecule has 0 aromatic carbocycles. The summed E-state index contributed by atoms with van der Waals surface area (Å²) in [5.41, 5.74) is 5.61. The summed E-state index contributed by atoms with van der Waals surface area (Å²) >= 11 is 0. The second-order valence-electron chi connectivity index (χ2n) is 3.59. The number of piperidine rings is 1. The maximum Gasteiger partial charge on any atom is 0.107 e. The molecule has 0 aromatic heterocycles. The molecule has 4 atom stereocenters. The molecule has 3 nitrogen and oxygen atoms in total. The van der Waals surface area contributed by atoms with Crippen LogP contribution in [0.4, 0.5) is 0 Å². The average Bonchev–Trinajstić information content (AvgIpc) is 1.99. The van der Waals surface area contributed by atoms with Crippen LogP contribution in [0.1, 0.15) is 13.8 Å². The molecule has 4 unspecified atom stereocenters. The zero-order valence-corrected chi connectivity index (χ0v) is 7.25. The van der Waals surface area contributed by atoms with Crippen LogP contribution in [0.15, 0.2) is 0 Å². The highest BCUT2D eigenvalue weighted by atomic mass is 16.3. The van der Waals surface area contributed by atoms with Crippen LogP contribution >= 0.6 is 0 Å². The van der Waals surface area contributed by atoms with Gasteiger partial charge < -0.3 is 10.8 Å². The van der Waals surface area contributed by atoms with Gasteiger partial charge in [-0.1, -0.05) is 13.8 Å². The zero-order valence-electron chi connectivity index (χ0n) is 7.25. The standard InChI is InChI=1S/C8H18N2O/c1-5-4-10-8(11)6(2)7(5)3-9/h5-8,10-11H,3-4,9H2,1-2H3. The molecule has 0 bridgehead atoms. The van der Waals surface area contributed by atoms with E-state index in [0.29, 0.717) is 18.4 Å². The lowest BCUT2D eigenvalue weighted by atomic mass is 9.79. The molecule has 4 N–H and O–H groups in total. The minimum Gasteiger partial charge on any atom is -0.378 e. The van der Waals surface area contributed by atoms with Gasteiger partial charge >= 0.3 is 0 Å². The van der Waals surface area contributed by atoms with Gasteiger partial charge in [-0.2, -0.15) is 0 Å². The molecule has 0 aliphatic carbocycles. The number of hydrogen-bond donors (Lipinski definition) is 3. The second-order valence-corrected chi connectivity index (χ2v) is 3.59. The van der Waals surface area contributed by atoms with Crippen LogP contribution in [0.5, 0.6) is 0 Å². The third-order valence-electron chi connectivity index (χ3n) is 2.83. The minimum absolute atomic E-state index is 0.281. The predicted octanol–water partition coefficient (Wildman–Crippen LogP) is -0.245. The van der Waals surface area contributed by atoms with Gasteiger partial charge in [0.15, 0.2) is 0 Å². The topological polar surface area (TPSA) is 58.3 Å². The van der Waals surface area contributed by atoms with E-state index in [1.165, 1.54) is 0 Å². The Morgan fingerprint density at radius 3 is 2.64 bits per heavy atom. The Labute approximate surface area is 68.0 Å². The van der Waals surface area contributed by atoms with Gasteiger partial charge in [-0.05, 0) is 24.3 Å². The SMILES string of the molecule is CC1CNC(O)C(C)C1CN. The van der Waals surface area contributed by atoms with Gasteiger partial charge in [0.05, 0.1) is 0 Å². The van der Waals surface area contributed by atoms with E-state index in [1.54, 1.807) is 0 Å². The molecular formula is C8H18N2O. The van der Waals surface area contributed by atoms with Gasteiger partial charge in [0.25, 0.3) is 0 Å². The Bertz CT molecular complexity index is 129. The largest absolute Gasteiger partial charge is 0.378 e. The first-order chi connectivity index (χ1) is 5.16. The quantitative estimate of drug-likeness (QED) is 0.493. The van der Waals surface area contributed by atoms with E-state index in [1.807, 2.05) is 6.92 Å². The molecule has 1 aliphatic heterocycles. The predicted molar refractivity (Wildman–Crippen MR) is 44.9 cm³/mol. The average molecular weight is 158 g/mol. The fraction of sp³-hybridized carbons (Fsp3) is 1.00. The third kappa shape index (κ3) is 1.72. The highest BCUT2D eigenvalue weighted by Gasteiger charge is 2.31. The first-order valence-corrected chi connectivity index (χ1v) is 4.28. The van der Waals surface area contributed by atoms with E-state index in [0.717, 1.165) is 6.54 Å². The van der Waals surface area contributed by atoms with Gasteiger partial charge in [0.2, 0.25) is 0 Å². The van der Waals surface area contributed by atoms with Crippen molar-refractivity contribution >= 4 is 0 Å². The smallest absolute Gasteiger partial charge is 0.107 e. The summed E-state index contributed by atoms with van der Waals surface area (Å²) in [6, 6.07) is 0. The summed E-state index contributed by atoms with van der Waals surface area (Å²) in [5.74, 6) is 1.33. The van der Waals surface area contributed by atoms with Crippen molar-refractivity contribution < 1.29 is 5.11 Å². The Kier molecular flexibility index (Phi) is 2.87. The van der Waals surface area contributed by atoms with Gasteiger partial charge in [-0.25, -0.2) is 0 Å². The molecule has 1 rings (SSSR count). The lowest BCUT2D eigenvalue weighted by molar-refractivity contribution is 0.00428. The van der Waals surface area contributed by atoms with Gasteiger partial charge in [-0.3, -0.25) is 5.32 Å². The van der Waals surface area contributed by atoms with Crippen molar-refractivity contribution in [3.8, 4) is 0 Å². The zero-order chi connectivity index (χ0) is 8.43.